The summed E-state index contributed by atoms with van der Waals surface area (Å²) in [5.74, 6) is -1.52. The monoisotopic (exact) mass is 396 g/mol. The molecule has 10 nitrogen and oxygen atoms in total. The summed E-state index contributed by atoms with van der Waals surface area (Å²) in [6.07, 6.45) is -4.59. The van der Waals surface area contributed by atoms with Gasteiger partial charge in [-0.2, -0.15) is 0 Å². The van der Waals surface area contributed by atoms with E-state index in [-0.39, 0.29) is 13.2 Å². The van der Waals surface area contributed by atoms with Gasteiger partial charge in [-0.25, -0.2) is 4.79 Å². The van der Waals surface area contributed by atoms with Crippen LogP contribution in [0, 0.1) is 0 Å². The van der Waals surface area contributed by atoms with E-state index in [1.807, 2.05) is 4.98 Å². The van der Waals surface area contributed by atoms with Gasteiger partial charge in [0.25, 0.3) is 5.56 Å². The van der Waals surface area contributed by atoms with Crippen molar-refractivity contribution in [3.63, 3.8) is 0 Å². The molecular formula is C13H21N2O8PS. The van der Waals surface area contributed by atoms with Gasteiger partial charge in [-0.1, -0.05) is 0 Å². The fourth-order valence-corrected chi connectivity index (χ4v) is 5.22. The van der Waals surface area contributed by atoms with Gasteiger partial charge in [0.1, 0.15) is 18.3 Å². The van der Waals surface area contributed by atoms with E-state index in [1.54, 1.807) is 13.8 Å². The molecule has 0 amide bonds. The van der Waals surface area contributed by atoms with E-state index in [9.17, 15) is 24.9 Å². The molecule has 25 heavy (non-hydrogen) atoms. The van der Waals surface area contributed by atoms with Crippen LogP contribution in [0.3, 0.4) is 0 Å². The Morgan fingerprint density at radius 3 is 2.44 bits per heavy atom. The average molecular weight is 396 g/mol. The Hall–Kier alpha value is -0.910. The third kappa shape index (κ3) is 4.09. The minimum atomic E-state index is -3.21. The van der Waals surface area contributed by atoms with Crippen LogP contribution in [0.2, 0.25) is 0 Å². The first-order valence-corrected chi connectivity index (χ1v) is 10.4. The number of nitrogens with one attached hydrogen (secondary N) is 1. The van der Waals surface area contributed by atoms with Crippen molar-refractivity contribution >= 4 is 18.3 Å². The number of nitrogens with zero attached hydrogens (tertiary/aromatic N) is 1. The molecule has 3 unspecified atom stereocenters. The first-order chi connectivity index (χ1) is 11.7. The van der Waals surface area contributed by atoms with Gasteiger partial charge in [0.15, 0.2) is 12.1 Å². The van der Waals surface area contributed by atoms with Crippen molar-refractivity contribution in [2.45, 2.75) is 44.2 Å². The number of hydrogen-bond acceptors (Lipinski definition) is 9. The van der Waals surface area contributed by atoms with E-state index >= 15 is 0 Å². The van der Waals surface area contributed by atoms with Gasteiger partial charge in [-0.3, -0.25) is 14.3 Å². The van der Waals surface area contributed by atoms with Crippen molar-refractivity contribution in [3.8, 4) is 0 Å². The smallest absolute Gasteiger partial charge is 0.330 e. The molecular weight excluding hydrogens is 375 g/mol. The molecule has 12 heteroatoms. The molecule has 0 spiro atoms. The fourth-order valence-electron chi connectivity index (χ4n) is 2.52. The lowest BCUT2D eigenvalue weighted by Gasteiger charge is -2.30. The third-order valence-corrected chi connectivity index (χ3v) is 7.09. The SMILES string of the molecule is CCOP(=S)(OCC)C(O)[C@H]1O[C@@H](n2ccc(=O)[nH]c2=O)C(O)C1O. The number of ether oxygens (including phenoxy) is 1. The van der Waals surface area contributed by atoms with Gasteiger partial charge in [-0.05, 0) is 25.7 Å². The number of aromatic amines is 1. The lowest BCUT2D eigenvalue weighted by atomic mass is 10.1. The van der Waals surface area contributed by atoms with Crippen LogP contribution in [-0.4, -0.2) is 62.2 Å². The molecule has 0 saturated carbocycles. The Morgan fingerprint density at radius 2 is 1.92 bits per heavy atom. The van der Waals surface area contributed by atoms with Crippen LogP contribution in [0.4, 0.5) is 0 Å². The predicted molar refractivity (Wildman–Crippen MR) is 90.8 cm³/mol. The van der Waals surface area contributed by atoms with Crippen molar-refractivity contribution in [1.29, 1.82) is 0 Å². The summed E-state index contributed by atoms with van der Waals surface area (Å²) in [5, 5.41) is 31.0. The number of rotatable bonds is 7. The Labute approximate surface area is 148 Å². The molecule has 0 radical (unpaired) electrons. The molecule has 1 aliphatic heterocycles. The molecule has 142 valence electrons. The molecule has 0 aromatic carbocycles. The van der Waals surface area contributed by atoms with Gasteiger partial charge in [0.05, 0.1) is 13.2 Å². The molecule has 1 aliphatic rings. The Kier molecular flexibility index (Phi) is 6.68. The van der Waals surface area contributed by atoms with Gasteiger partial charge in [0.2, 0.25) is 6.49 Å². The zero-order valence-electron chi connectivity index (χ0n) is 13.6. The highest BCUT2D eigenvalue weighted by Gasteiger charge is 2.51. The Balaban J connectivity index is 2.30. The molecule has 1 aromatic heterocycles. The molecule has 1 fully saturated rings. The Bertz CT molecular complexity index is 742. The number of H-pyrrole nitrogens is 1. The summed E-state index contributed by atoms with van der Waals surface area (Å²) in [6.45, 7) is 0.506. The van der Waals surface area contributed by atoms with E-state index in [1.165, 1.54) is 0 Å². The molecule has 2 heterocycles. The van der Waals surface area contributed by atoms with E-state index in [0.717, 1.165) is 16.8 Å². The molecule has 5 atom stereocenters. The van der Waals surface area contributed by atoms with Crippen LogP contribution in [0.25, 0.3) is 0 Å². The van der Waals surface area contributed by atoms with Crippen molar-refractivity contribution in [1.82, 2.24) is 9.55 Å². The van der Waals surface area contributed by atoms with Crippen molar-refractivity contribution < 1.29 is 29.1 Å². The predicted octanol–water partition coefficient (Wildman–Crippen LogP) is -1.14. The van der Waals surface area contributed by atoms with Gasteiger partial charge in [-0.15, -0.1) is 0 Å². The highest BCUT2D eigenvalue weighted by atomic mass is 32.5. The first kappa shape index (κ1) is 20.4. The van der Waals surface area contributed by atoms with Crippen LogP contribution in [0.15, 0.2) is 21.9 Å². The van der Waals surface area contributed by atoms with Crippen LogP contribution >= 0.6 is 6.49 Å². The summed E-state index contributed by atoms with van der Waals surface area (Å²) >= 11 is 5.28. The van der Waals surface area contributed by atoms with Crippen molar-refractivity contribution in [2.24, 2.45) is 0 Å². The zero-order chi connectivity index (χ0) is 18.8. The second-order valence-electron chi connectivity index (χ2n) is 5.28. The Morgan fingerprint density at radius 1 is 1.32 bits per heavy atom. The minimum Gasteiger partial charge on any atom is -0.387 e. The normalized spacial score (nSPS) is 28.2. The highest BCUT2D eigenvalue weighted by Crippen LogP contribution is 2.55. The lowest BCUT2D eigenvalue weighted by Crippen LogP contribution is -2.39. The zero-order valence-corrected chi connectivity index (χ0v) is 15.4. The minimum absolute atomic E-state index is 0.183. The largest absolute Gasteiger partial charge is 0.387 e. The highest BCUT2D eigenvalue weighted by molar-refractivity contribution is 8.10. The van der Waals surface area contributed by atoms with Crippen molar-refractivity contribution in [2.75, 3.05) is 13.2 Å². The van der Waals surface area contributed by atoms with Crippen LogP contribution in [0.1, 0.15) is 20.1 Å². The van der Waals surface area contributed by atoms with Gasteiger partial charge >= 0.3 is 5.69 Å². The topological polar surface area (TPSA) is 143 Å². The number of aliphatic hydroxyl groups is 3. The maximum atomic E-state index is 11.9. The van der Waals surface area contributed by atoms with Crippen LogP contribution in [-0.2, 0) is 25.6 Å². The quantitative estimate of drug-likeness (QED) is 0.420. The standard InChI is InChI=1S/C13H21N2O8PS/c1-3-21-24(25,22-4-2)12(19)10-8(17)9(18)11(23-10)15-6-5-7(16)14-13(15)20/h5-6,8-12,17-19H,3-4H2,1-2H3,(H,14,16,20)/t8?,9?,10-,11+,12?/m0/s1. The average Bonchev–Trinajstić information content (AvgIpc) is 2.83. The maximum absolute atomic E-state index is 11.9. The van der Waals surface area contributed by atoms with E-state index < -0.39 is 48.1 Å². The summed E-state index contributed by atoms with van der Waals surface area (Å²) in [4.78, 5) is 25.0. The molecule has 0 bridgehead atoms. The van der Waals surface area contributed by atoms with E-state index in [0.29, 0.717) is 0 Å². The lowest BCUT2D eigenvalue weighted by molar-refractivity contribution is -0.0689. The summed E-state index contributed by atoms with van der Waals surface area (Å²) < 4.78 is 17.1. The number of hydrogen-bond donors (Lipinski definition) is 4. The van der Waals surface area contributed by atoms with Gasteiger partial charge < -0.3 is 29.1 Å². The summed E-state index contributed by atoms with van der Waals surface area (Å²) in [7, 11) is 0. The number of aromatic nitrogens is 2. The third-order valence-electron chi connectivity index (χ3n) is 3.64. The second kappa shape index (κ2) is 8.19. The molecule has 1 saturated heterocycles. The fraction of sp³-hybridized carbons (Fsp3) is 0.692. The molecule has 1 aromatic rings. The van der Waals surface area contributed by atoms with Crippen LogP contribution < -0.4 is 11.2 Å². The van der Waals surface area contributed by atoms with Crippen LogP contribution in [0.5, 0.6) is 0 Å². The maximum Gasteiger partial charge on any atom is 0.330 e. The molecule has 4 N–H and O–H groups in total. The summed E-state index contributed by atoms with van der Waals surface area (Å²) in [6, 6.07) is 1.07. The van der Waals surface area contributed by atoms with Gasteiger partial charge in [0, 0.05) is 12.3 Å². The first-order valence-electron chi connectivity index (χ1n) is 7.65. The molecule has 0 aliphatic carbocycles. The second-order valence-corrected chi connectivity index (χ2v) is 8.93. The number of aliphatic hydroxyl groups excluding tert-OH is 3. The van der Waals surface area contributed by atoms with E-state index in [4.69, 9.17) is 25.6 Å². The van der Waals surface area contributed by atoms with Crippen molar-refractivity contribution in [3.05, 3.63) is 33.1 Å². The van der Waals surface area contributed by atoms with E-state index in [2.05, 4.69) is 0 Å². The molecule has 2 rings (SSSR count). The summed E-state index contributed by atoms with van der Waals surface area (Å²) in [5.41, 5.74) is -1.44.